The molecule has 1 fully saturated rings. The number of nitrogens with two attached hydrogens (primary N) is 1. The Labute approximate surface area is 68.8 Å². The molecule has 2 heteroatoms. The Morgan fingerprint density at radius 1 is 1.27 bits per heavy atom. The van der Waals surface area contributed by atoms with E-state index < -0.39 is 5.60 Å². The van der Waals surface area contributed by atoms with Crippen LogP contribution in [0.5, 0.6) is 0 Å². The second-order valence-electron chi connectivity index (χ2n) is 4.33. The molecular formula is C9H19NO. The van der Waals surface area contributed by atoms with E-state index in [2.05, 4.69) is 13.8 Å². The van der Waals surface area contributed by atoms with Gasteiger partial charge in [0.25, 0.3) is 0 Å². The first kappa shape index (κ1) is 9.01. The van der Waals surface area contributed by atoms with E-state index in [-0.39, 0.29) is 5.41 Å². The Balaban J connectivity index is 2.74. The summed E-state index contributed by atoms with van der Waals surface area (Å²) in [5, 5.41) is 10.1. The van der Waals surface area contributed by atoms with Crippen LogP contribution in [0.3, 0.4) is 0 Å². The van der Waals surface area contributed by atoms with Crippen molar-refractivity contribution >= 4 is 0 Å². The van der Waals surface area contributed by atoms with Crippen molar-refractivity contribution in [2.75, 3.05) is 6.54 Å². The van der Waals surface area contributed by atoms with Gasteiger partial charge in [-0.05, 0) is 18.3 Å². The molecule has 11 heavy (non-hydrogen) atoms. The van der Waals surface area contributed by atoms with Gasteiger partial charge in [-0.2, -0.15) is 0 Å². The molecule has 0 aliphatic heterocycles. The molecule has 66 valence electrons. The van der Waals surface area contributed by atoms with Crippen LogP contribution in [-0.4, -0.2) is 17.3 Å². The van der Waals surface area contributed by atoms with E-state index in [1.807, 2.05) is 0 Å². The zero-order valence-electron chi connectivity index (χ0n) is 7.56. The summed E-state index contributed by atoms with van der Waals surface area (Å²) in [7, 11) is 0. The van der Waals surface area contributed by atoms with Crippen LogP contribution >= 0.6 is 0 Å². The van der Waals surface area contributed by atoms with Gasteiger partial charge in [-0.1, -0.05) is 26.7 Å². The molecule has 1 aliphatic carbocycles. The molecule has 0 aromatic heterocycles. The summed E-state index contributed by atoms with van der Waals surface area (Å²) in [5.74, 6) is 0. The Morgan fingerprint density at radius 3 is 2.18 bits per heavy atom. The Hall–Kier alpha value is -0.0800. The van der Waals surface area contributed by atoms with E-state index in [4.69, 9.17) is 5.73 Å². The molecule has 0 saturated heterocycles. The summed E-state index contributed by atoms with van der Waals surface area (Å²) in [6.45, 7) is 4.62. The lowest BCUT2D eigenvalue weighted by atomic mass is 9.65. The van der Waals surface area contributed by atoms with Gasteiger partial charge in [-0.3, -0.25) is 0 Å². The highest BCUT2D eigenvalue weighted by molar-refractivity contribution is 4.96. The van der Waals surface area contributed by atoms with E-state index in [0.29, 0.717) is 6.54 Å². The number of rotatable bonds is 1. The van der Waals surface area contributed by atoms with Gasteiger partial charge in [0.05, 0.1) is 5.60 Å². The minimum Gasteiger partial charge on any atom is -0.388 e. The van der Waals surface area contributed by atoms with Gasteiger partial charge in [0.1, 0.15) is 0 Å². The standard InChI is InChI=1S/C9H19NO/c1-8(2)5-3-4-6-9(8,11)7-10/h11H,3-7,10H2,1-2H3. The van der Waals surface area contributed by atoms with Crippen LogP contribution < -0.4 is 5.73 Å². The van der Waals surface area contributed by atoms with Crippen molar-refractivity contribution in [2.45, 2.75) is 45.1 Å². The van der Waals surface area contributed by atoms with Crippen LogP contribution in [0.2, 0.25) is 0 Å². The minimum atomic E-state index is -0.606. The van der Waals surface area contributed by atoms with E-state index in [0.717, 1.165) is 19.3 Å². The molecule has 0 bridgehead atoms. The number of hydrogen-bond acceptors (Lipinski definition) is 2. The number of hydrogen-bond donors (Lipinski definition) is 2. The lowest BCUT2D eigenvalue weighted by molar-refractivity contribution is -0.0885. The maximum absolute atomic E-state index is 10.1. The van der Waals surface area contributed by atoms with E-state index in [9.17, 15) is 5.11 Å². The van der Waals surface area contributed by atoms with Crippen LogP contribution in [0.25, 0.3) is 0 Å². The largest absolute Gasteiger partial charge is 0.388 e. The summed E-state index contributed by atoms with van der Waals surface area (Å²) in [4.78, 5) is 0. The molecule has 1 saturated carbocycles. The molecule has 0 heterocycles. The lowest BCUT2D eigenvalue weighted by Crippen LogP contribution is -2.52. The van der Waals surface area contributed by atoms with E-state index >= 15 is 0 Å². The molecule has 1 atom stereocenters. The average molecular weight is 157 g/mol. The molecular weight excluding hydrogens is 138 g/mol. The minimum absolute atomic E-state index is 0.0139. The van der Waals surface area contributed by atoms with Gasteiger partial charge in [-0.15, -0.1) is 0 Å². The van der Waals surface area contributed by atoms with Crippen molar-refractivity contribution in [1.29, 1.82) is 0 Å². The molecule has 0 aromatic carbocycles. The van der Waals surface area contributed by atoms with Crippen molar-refractivity contribution < 1.29 is 5.11 Å². The molecule has 0 amide bonds. The third-order valence-electron chi connectivity index (χ3n) is 3.24. The lowest BCUT2D eigenvalue weighted by Gasteiger charge is -2.45. The molecule has 1 rings (SSSR count). The highest BCUT2D eigenvalue weighted by Gasteiger charge is 2.43. The molecule has 3 N–H and O–H groups in total. The third-order valence-corrected chi connectivity index (χ3v) is 3.24. The quantitative estimate of drug-likeness (QED) is 0.602. The van der Waals surface area contributed by atoms with E-state index in [1.54, 1.807) is 0 Å². The summed E-state index contributed by atoms with van der Waals surface area (Å²) >= 11 is 0. The van der Waals surface area contributed by atoms with Crippen LogP contribution in [0.15, 0.2) is 0 Å². The smallest absolute Gasteiger partial charge is 0.0819 e. The first-order chi connectivity index (χ1) is 5.02. The first-order valence-corrected chi connectivity index (χ1v) is 4.44. The molecule has 0 radical (unpaired) electrons. The monoisotopic (exact) mass is 157 g/mol. The number of aliphatic hydroxyl groups is 1. The Bertz CT molecular complexity index is 144. The summed E-state index contributed by atoms with van der Waals surface area (Å²) in [6, 6.07) is 0. The molecule has 2 nitrogen and oxygen atoms in total. The third kappa shape index (κ3) is 1.42. The second-order valence-corrected chi connectivity index (χ2v) is 4.33. The molecule has 0 spiro atoms. The SMILES string of the molecule is CC1(C)CCCCC1(O)CN. The van der Waals surface area contributed by atoms with Gasteiger partial charge in [0, 0.05) is 6.54 Å². The van der Waals surface area contributed by atoms with Crippen molar-refractivity contribution in [3.8, 4) is 0 Å². The molecule has 1 unspecified atom stereocenters. The predicted octanol–water partition coefficient (Wildman–Crippen LogP) is 1.28. The van der Waals surface area contributed by atoms with Crippen molar-refractivity contribution in [3.05, 3.63) is 0 Å². The zero-order chi connectivity index (χ0) is 8.54. The van der Waals surface area contributed by atoms with Crippen molar-refractivity contribution in [1.82, 2.24) is 0 Å². The van der Waals surface area contributed by atoms with E-state index in [1.165, 1.54) is 6.42 Å². The fraction of sp³-hybridized carbons (Fsp3) is 1.00. The highest BCUT2D eigenvalue weighted by atomic mass is 16.3. The van der Waals surface area contributed by atoms with Crippen molar-refractivity contribution in [2.24, 2.45) is 11.1 Å². The van der Waals surface area contributed by atoms with Gasteiger partial charge in [0.15, 0.2) is 0 Å². The normalized spacial score (nSPS) is 37.1. The topological polar surface area (TPSA) is 46.2 Å². The van der Waals surface area contributed by atoms with Crippen molar-refractivity contribution in [3.63, 3.8) is 0 Å². The van der Waals surface area contributed by atoms with Gasteiger partial charge >= 0.3 is 0 Å². The van der Waals surface area contributed by atoms with Gasteiger partial charge < -0.3 is 10.8 Å². The Kier molecular flexibility index (Phi) is 2.26. The fourth-order valence-electron chi connectivity index (χ4n) is 1.93. The van der Waals surface area contributed by atoms with Crippen LogP contribution in [0.4, 0.5) is 0 Å². The van der Waals surface area contributed by atoms with Crippen LogP contribution in [0, 0.1) is 5.41 Å². The molecule has 0 aromatic rings. The van der Waals surface area contributed by atoms with Gasteiger partial charge in [-0.25, -0.2) is 0 Å². The maximum atomic E-state index is 10.1. The fourth-order valence-corrected chi connectivity index (χ4v) is 1.93. The summed E-state index contributed by atoms with van der Waals surface area (Å²) in [5.41, 5.74) is 4.97. The average Bonchev–Trinajstić information content (AvgIpc) is 1.95. The Morgan fingerprint density at radius 2 is 1.82 bits per heavy atom. The van der Waals surface area contributed by atoms with Crippen LogP contribution in [0.1, 0.15) is 39.5 Å². The van der Waals surface area contributed by atoms with Crippen LogP contribution in [-0.2, 0) is 0 Å². The van der Waals surface area contributed by atoms with Gasteiger partial charge in [0.2, 0.25) is 0 Å². The summed E-state index contributed by atoms with van der Waals surface area (Å²) < 4.78 is 0. The second kappa shape index (κ2) is 2.76. The predicted molar refractivity (Wildman–Crippen MR) is 46.3 cm³/mol. The highest BCUT2D eigenvalue weighted by Crippen LogP contribution is 2.42. The maximum Gasteiger partial charge on any atom is 0.0819 e. The molecule has 1 aliphatic rings. The summed E-state index contributed by atoms with van der Waals surface area (Å²) in [6.07, 6.45) is 4.32. The zero-order valence-corrected chi connectivity index (χ0v) is 7.56. The first-order valence-electron chi connectivity index (χ1n) is 4.44.